The van der Waals surface area contributed by atoms with Gasteiger partial charge in [0.1, 0.15) is 23.6 Å². The molecular weight excluding hydrogens is 484 g/mol. The molecule has 0 saturated carbocycles. The molecular formula is C24H25ClN8O3. The molecule has 0 aliphatic carbocycles. The average molecular weight is 509 g/mol. The molecule has 186 valence electrons. The zero-order valence-electron chi connectivity index (χ0n) is 19.9. The number of aromatic nitrogens is 5. The van der Waals surface area contributed by atoms with E-state index in [1.54, 1.807) is 50.0 Å². The molecule has 3 aromatic heterocycles. The summed E-state index contributed by atoms with van der Waals surface area (Å²) >= 11 is 6.27. The third-order valence-electron chi connectivity index (χ3n) is 6.10. The van der Waals surface area contributed by atoms with Crippen molar-refractivity contribution in [3.8, 4) is 17.0 Å². The highest BCUT2D eigenvalue weighted by Gasteiger charge is 2.23. The van der Waals surface area contributed by atoms with E-state index in [1.165, 1.54) is 15.4 Å². The number of piperazine rings is 1. The van der Waals surface area contributed by atoms with Gasteiger partial charge in [0.05, 0.1) is 19.0 Å². The van der Waals surface area contributed by atoms with Crippen molar-refractivity contribution in [3.05, 3.63) is 59.6 Å². The number of methoxy groups -OCH3 is 1. The summed E-state index contributed by atoms with van der Waals surface area (Å²) in [6.07, 6.45) is 6.40. The predicted molar refractivity (Wildman–Crippen MR) is 134 cm³/mol. The van der Waals surface area contributed by atoms with Crippen LogP contribution in [0.3, 0.4) is 0 Å². The number of amides is 2. The van der Waals surface area contributed by atoms with Gasteiger partial charge in [0.2, 0.25) is 5.91 Å². The third-order valence-corrected chi connectivity index (χ3v) is 6.34. The van der Waals surface area contributed by atoms with Gasteiger partial charge in [-0.1, -0.05) is 11.6 Å². The first kappa shape index (κ1) is 23.8. The minimum Gasteiger partial charge on any atom is -0.496 e. The van der Waals surface area contributed by atoms with Crippen molar-refractivity contribution in [3.63, 3.8) is 0 Å². The molecule has 0 radical (unpaired) electrons. The zero-order valence-corrected chi connectivity index (χ0v) is 20.6. The molecule has 2 amide bonds. The molecule has 4 aromatic rings. The monoisotopic (exact) mass is 508 g/mol. The summed E-state index contributed by atoms with van der Waals surface area (Å²) in [5.74, 6) is 0.0824. The molecule has 0 unspecified atom stereocenters. The second kappa shape index (κ2) is 9.96. The van der Waals surface area contributed by atoms with Crippen molar-refractivity contribution in [2.75, 3.05) is 45.7 Å². The van der Waals surface area contributed by atoms with Crippen LogP contribution in [-0.4, -0.2) is 86.3 Å². The fourth-order valence-corrected chi connectivity index (χ4v) is 4.30. The van der Waals surface area contributed by atoms with Crippen LogP contribution >= 0.6 is 11.6 Å². The molecule has 1 aromatic carbocycles. The van der Waals surface area contributed by atoms with Gasteiger partial charge in [0, 0.05) is 55.4 Å². The first-order chi connectivity index (χ1) is 17.4. The zero-order chi connectivity index (χ0) is 25.2. The van der Waals surface area contributed by atoms with Gasteiger partial charge in [-0.2, -0.15) is 10.2 Å². The molecule has 0 bridgehead atoms. The Morgan fingerprint density at radius 2 is 2.00 bits per heavy atom. The second-order valence-corrected chi connectivity index (χ2v) is 8.95. The van der Waals surface area contributed by atoms with Crippen molar-refractivity contribution in [2.24, 2.45) is 0 Å². The lowest BCUT2D eigenvalue weighted by Gasteiger charge is -2.32. The molecule has 4 heterocycles. The molecule has 5 rings (SSSR count). The number of likely N-dealkylation sites (N-methyl/N-ethyl adjacent to an activating group) is 1. The second-order valence-electron chi connectivity index (χ2n) is 8.52. The normalized spacial score (nSPS) is 14.2. The van der Waals surface area contributed by atoms with Gasteiger partial charge < -0.3 is 19.9 Å². The average Bonchev–Trinajstić information content (AvgIpc) is 3.48. The van der Waals surface area contributed by atoms with E-state index in [9.17, 15) is 9.59 Å². The maximum atomic E-state index is 13.2. The lowest BCUT2D eigenvalue weighted by Crippen LogP contribution is -2.48. The molecule has 1 saturated heterocycles. The minimum absolute atomic E-state index is 0.0355. The highest BCUT2D eigenvalue weighted by molar-refractivity contribution is 6.31. The summed E-state index contributed by atoms with van der Waals surface area (Å²) < 4.78 is 8.57. The van der Waals surface area contributed by atoms with E-state index in [4.69, 9.17) is 16.3 Å². The molecule has 1 aliphatic rings. The number of nitrogens with zero attached hydrogens (tertiary/aromatic N) is 7. The van der Waals surface area contributed by atoms with E-state index in [-0.39, 0.29) is 12.5 Å². The Hall–Kier alpha value is -3.96. The van der Waals surface area contributed by atoms with Gasteiger partial charge in [-0.05, 0) is 31.3 Å². The number of anilines is 1. The van der Waals surface area contributed by atoms with Crippen LogP contribution < -0.4 is 10.1 Å². The number of halogens is 1. The number of nitrogens with one attached hydrogen (secondary N) is 1. The fraction of sp³-hybridized carbons (Fsp3) is 0.292. The summed E-state index contributed by atoms with van der Waals surface area (Å²) in [5.41, 5.74) is 2.15. The van der Waals surface area contributed by atoms with Crippen LogP contribution in [0.15, 0.2) is 49.1 Å². The smallest absolute Gasteiger partial charge is 0.261 e. The van der Waals surface area contributed by atoms with Crippen molar-refractivity contribution >= 4 is 34.7 Å². The van der Waals surface area contributed by atoms with Crippen molar-refractivity contribution in [2.45, 2.75) is 6.54 Å². The van der Waals surface area contributed by atoms with Crippen LogP contribution in [0.5, 0.6) is 5.75 Å². The summed E-state index contributed by atoms with van der Waals surface area (Å²) in [6, 6.07) is 6.88. The van der Waals surface area contributed by atoms with Crippen LogP contribution in [0.25, 0.3) is 16.9 Å². The van der Waals surface area contributed by atoms with Gasteiger partial charge in [-0.15, -0.1) is 0 Å². The van der Waals surface area contributed by atoms with Crippen LogP contribution in [0.2, 0.25) is 5.02 Å². The van der Waals surface area contributed by atoms with Gasteiger partial charge in [-0.25, -0.2) is 9.50 Å². The Balaban J connectivity index is 1.48. The number of ether oxygens (including phenoxy) is 1. The lowest BCUT2D eigenvalue weighted by molar-refractivity contribution is -0.133. The Morgan fingerprint density at radius 3 is 2.78 bits per heavy atom. The highest BCUT2D eigenvalue weighted by Crippen LogP contribution is 2.36. The lowest BCUT2D eigenvalue weighted by atomic mass is 10.1. The number of carbonyl (C=O) groups excluding carboxylic acids is 2. The molecule has 0 atom stereocenters. The first-order valence-electron chi connectivity index (χ1n) is 11.4. The summed E-state index contributed by atoms with van der Waals surface area (Å²) in [4.78, 5) is 34.4. The largest absolute Gasteiger partial charge is 0.496 e. The Bertz CT molecular complexity index is 1420. The molecule has 0 spiro atoms. The van der Waals surface area contributed by atoms with E-state index >= 15 is 0 Å². The van der Waals surface area contributed by atoms with Gasteiger partial charge in [-0.3, -0.25) is 14.3 Å². The fourth-order valence-electron chi connectivity index (χ4n) is 4.13. The number of fused-ring (bicyclic) bond motifs is 1. The molecule has 11 nitrogen and oxygen atoms in total. The SMILES string of the molecule is COc1ccc(Cl)cc1-c1nn(CC(=O)N2CCN(C)CC2)cc1NC(=O)c1cnn2cccnc12. The van der Waals surface area contributed by atoms with E-state index in [2.05, 4.69) is 25.4 Å². The Kier molecular flexibility index (Phi) is 6.57. The Morgan fingerprint density at radius 1 is 1.19 bits per heavy atom. The number of hydrogen-bond acceptors (Lipinski definition) is 7. The Labute approximate surface area is 212 Å². The number of hydrogen-bond donors (Lipinski definition) is 1. The van der Waals surface area contributed by atoms with E-state index in [0.717, 1.165) is 13.1 Å². The predicted octanol–water partition coefficient (Wildman–Crippen LogP) is 2.28. The summed E-state index contributed by atoms with van der Waals surface area (Å²) in [7, 11) is 3.58. The van der Waals surface area contributed by atoms with Crippen LogP contribution in [0.4, 0.5) is 5.69 Å². The van der Waals surface area contributed by atoms with Crippen LogP contribution in [0.1, 0.15) is 10.4 Å². The molecule has 12 heteroatoms. The molecule has 1 aliphatic heterocycles. The van der Waals surface area contributed by atoms with E-state index in [1.807, 2.05) is 11.9 Å². The molecule has 1 N–H and O–H groups in total. The summed E-state index contributed by atoms with van der Waals surface area (Å²) in [5, 5.41) is 12.2. The first-order valence-corrected chi connectivity index (χ1v) is 11.8. The quantitative estimate of drug-likeness (QED) is 0.425. The maximum Gasteiger partial charge on any atom is 0.261 e. The van der Waals surface area contributed by atoms with Gasteiger partial charge in [0.25, 0.3) is 5.91 Å². The molecule has 1 fully saturated rings. The van der Waals surface area contributed by atoms with Crippen LogP contribution in [-0.2, 0) is 11.3 Å². The van der Waals surface area contributed by atoms with Gasteiger partial charge in [0.15, 0.2) is 5.65 Å². The van der Waals surface area contributed by atoms with E-state index in [0.29, 0.717) is 52.0 Å². The van der Waals surface area contributed by atoms with E-state index < -0.39 is 5.91 Å². The minimum atomic E-state index is -0.407. The topological polar surface area (TPSA) is 110 Å². The summed E-state index contributed by atoms with van der Waals surface area (Å²) in [6.45, 7) is 3.01. The standard InChI is InChI=1S/C24H25ClN8O3/c1-30-8-10-31(11-9-30)21(34)15-32-14-19(22(29-32)17-12-16(25)4-5-20(17)36-2)28-24(35)18-13-27-33-7-3-6-26-23(18)33/h3-7,12-14H,8-11,15H2,1-2H3,(H,28,35). The number of rotatable bonds is 6. The third kappa shape index (κ3) is 4.75. The van der Waals surface area contributed by atoms with Gasteiger partial charge >= 0.3 is 0 Å². The number of carbonyl (C=O) groups is 2. The van der Waals surface area contributed by atoms with Crippen molar-refractivity contribution in [1.29, 1.82) is 0 Å². The highest BCUT2D eigenvalue weighted by atomic mass is 35.5. The number of benzene rings is 1. The van der Waals surface area contributed by atoms with Crippen LogP contribution in [0, 0.1) is 0 Å². The van der Waals surface area contributed by atoms with Crippen molar-refractivity contribution in [1.82, 2.24) is 34.2 Å². The molecule has 36 heavy (non-hydrogen) atoms. The van der Waals surface area contributed by atoms with Crippen molar-refractivity contribution < 1.29 is 14.3 Å². The maximum absolute atomic E-state index is 13.2.